The Balaban J connectivity index is 4.67. The fourth-order valence-electron chi connectivity index (χ4n) is 1.07. The average molecular weight is 232 g/mol. The first kappa shape index (κ1) is 14.4. The number of carbonyl (C=O) groups is 3. The zero-order chi connectivity index (χ0) is 12.9. The summed E-state index contributed by atoms with van der Waals surface area (Å²) < 4.78 is 9.40. The van der Waals surface area contributed by atoms with Gasteiger partial charge in [-0.1, -0.05) is 13.8 Å². The molecule has 0 aromatic rings. The second-order valence-electron chi connectivity index (χ2n) is 4.10. The maximum absolute atomic E-state index is 10.9. The van der Waals surface area contributed by atoms with Gasteiger partial charge in [-0.05, 0) is 0 Å². The van der Waals surface area contributed by atoms with Crippen LogP contribution in [-0.4, -0.2) is 35.7 Å². The Morgan fingerprint density at radius 3 is 2.00 bits per heavy atom. The summed E-state index contributed by atoms with van der Waals surface area (Å²) in [6, 6.07) is 0. The van der Waals surface area contributed by atoms with Gasteiger partial charge in [-0.15, -0.1) is 0 Å². The van der Waals surface area contributed by atoms with Crippen molar-refractivity contribution in [2.45, 2.75) is 33.8 Å². The van der Waals surface area contributed by atoms with Crippen LogP contribution in [0, 0.1) is 5.41 Å². The van der Waals surface area contributed by atoms with E-state index in [1.165, 1.54) is 20.8 Å². The summed E-state index contributed by atoms with van der Waals surface area (Å²) >= 11 is 0. The van der Waals surface area contributed by atoms with E-state index in [1.54, 1.807) is 0 Å². The van der Waals surface area contributed by atoms with Crippen LogP contribution >= 0.6 is 0 Å². The molecule has 0 unspecified atom stereocenters. The summed E-state index contributed by atoms with van der Waals surface area (Å²) in [5.41, 5.74) is -0.983. The molecule has 6 heteroatoms. The van der Waals surface area contributed by atoms with Crippen molar-refractivity contribution in [1.29, 1.82) is 0 Å². The summed E-state index contributed by atoms with van der Waals surface area (Å²) in [5, 5.41) is 8.91. The molecule has 0 amide bonds. The van der Waals surface area contributed by atoms with Crippen molar-refractivity contribution in [3.8, 4) is 0 Å². The van der Waals surface area contributed by atoms with Gasteiger partial charge in [-0.3, -0.25) is 9.59 Å². The van der Waals surface area contributed by atoms with Gasteiger partial charge >= 0.3 is 17.9 Å². The molecule has 0 aliphatic rings. The molecule has 0 saturated heterocycles. The lowest BCUT2D eigenvalue weighted by atomic mass is 9.87. The van der Waals surface area contributed by atoms with Gasteiger partial charge in [0.05, 0.1) is 0 Å². The van der Waals surface area contributed by atoms with E-state index >= 15 is 0 Å². The molecular formula is C10H16O6. The Bertz CT molecular complexity index is 294. The predicted molar refractivity (Wildman–Crippen MR) is 53.6 cm³/mol. The Morgan fingerprint density at radius 1 is 1.19 bits per heavy atom. The van der Waals surface area contributed by atoms with E-state index in [0.29, 0.717) is 0 Å². The second kappa shape index (κ2) is 5.48. The summed E-state index contributed by atoms with van der Waals surface area (Å²) in [4.78, 5) is 32.3. The van der Waals surface area contributed by atoms with Gasteiger partial charge in [-0.25, -0.2) is 4.79 Å². The molecule has 0 aromatic heterocycles. The highest BCUT2D eigenvalue weighted by Crippen LogP contribution is 2.24. The highest BCUT2D eigenvalue weighted by Gasteiger charge is 2.39. The summed E-state index contributed by atoms with van der Waals surface area (Å²) in [5.74, 6) is -2.48. The monoisotopic (exact) mass is 232 g/mol. The predicted octanol–water partition coefficient (Wildman–Crippen LogP) is 0.592. The first-order valence-corrected chi connectivity index (χ1v) is 4.70. The number of rotatable bonds is 5. The minimum atomic E-state index is -1.34. The molecule has 0 spiro atoms. The van der Waals surface area contributed by atoms with Crippen LogP contribution in [0.2, 0.25) is 0 Å². The van der Waals surface area contributed by atoms with Crippen LogP contribution in [0.15, 0.2) is 0 Å². The third kappa shape index (κ3) is 4.77. The van der Waals surface area contributed by atoms with Gasteiger partial charge in [0.1, 0.15) is 6.61 Å². The third-order valence-electron chi connectivity index (χ3n) is 1.87. The smallest absolute Gasteiger partial charge is 0.345 e. The molecule has 0 aliphatic heterocycles. The second-order valence-corrected chi connectivity index (χ2v) is 4.10. The number of ether oxygens (including phenoxy) is 2. The highest BCUT2D eigenvalue weighted by atomic mass is 16.6. The molecule has 92 valence electrons. The molecule has 16 heavy (non-hydrogen) atoms. The van der Waals surface area contributed by atoms with E-state index in [9.17, 15) is 14.4 Å². The fraction of sp³-hybridized carbons (Fsp3) is 0.700. The van der Waals surface area contributed by atoms with E-state index in [1.807, 2.05) is 0 Å². The fourth-order valence-corrected chi connectivity index (χ4v) is 1.07. The van der Waals surface area contributed by atoms with Crippen molar-refractivity contribution >= 4 is 17.9 Å². The Kier molecular flexibility index (Phi) is 4.94. The van der Waals surface area contributed by atoms with E-state index in [2.05, 4.69) is 4.74 Å². The number of carboxylic acid groups (broad SMARTS) is 1. The quantitative estimate of drug-likeness (QED) is 0.698. The number of esters is 2. The molecule has 0 bridgehead atoms. The lowest BCUT2D eigenvalue weighted by Gasteiger charge is -2.29. The maximum atomic E-state index is 10.9. The van der Waals surface area contributed by atoms with Crippen molar-refractivity contribution in [1.82, 2.24) is 0 Å². The SMILES string of the molecule is CC(=O)OCC(C)(C)[C@@H](OC(C)=O)C(=O)O. The number of hydrogen-bond donors (Lipinski definition) is 1. The average Bonchev–Trinajstić information content (AvgIpc) is 2.10. The molecule has 0 saturated carbocycles. The lowest BCUT2D eigenvalue weighted by molar-refractivity contribution is -0.175. The largest absolute Gasteiger partial charge is 0.478 e. The number of aliphatic carboxylic acids is 1. The normalized spacial score (nSPS) is 12.8. The van der Waals surface area contributed by atoms with Crippen LogP contribution in [0.25, 0.3) is 0 Å². The molecule has 0 rings (SSSR count). The zero-order valence-corrected chi connectivity index (χ0v) is 9.77. The third-order valence-corrected chi connectivity index (χ3v) is 1.87. The van der Waals surface area contributed by atoms with E-state index in [0.717, 1.165) is 6.92 Å². The van der Waals surface area contributed by atoms with Gasteiger partial charge < -0.3 is 14.6 Å². The van der Waals surface area contributed by atoms with Gasteiger partial charge in [0.15, 0.2) is 0 Å². The summed E-state index contributed by atoms with van der Waals surface area (Å²) in [7, 11) is 0. The van der Waals surface area contributed by atoms with Gasteiger partial charge in [0, 0.05) is 19.3 Å². The molecular weight excluding hydrogens is 216 g/mol. The van der Waals surface area contributed by atoms with E-state index in [4.69, 9.17) is 9.84 Å². The van der Waals surface area contributed by atoms with Crippen LogP contribution in [-0.2, 0) is 23.9 Å². The van der Waals surface area contributed by atoms with Crippen molar-refractivity contribution < 1.29 is 29.0 Å². The molecule has 0 fully saturated rings. The zero-order valence-electron chi connectivity index (χ0n) is 9.77. The molecule has 0 aromatic carbocycles. The highest BCUT2D eigenvalue weighted by molar-refractivity contribution is 5.77. The summed E-state index contributed by atoms with van der Waals surface area (Å²) in [6.07, 6.45) is -1.34. The van der Waals surface area contributed by atoms with Crippen LogP contribution in [0.5, 0.6) is 0 Å². The Labute approximate surface area is 93.5 Å². The molecule has 0 heterocycles. The first-order chi connectivity index (χ1) is 7.16. The van der Waals surface area contributed by atoms with E-state index < -0.39 is 29.4 Å². The first-order valence-electron chi connectivity index (χ1n) is 4.70. The van der Waals surface area contributed by atoms with E-state index in [-0.39, 0.29) is 6.61 Å². The van der Waals surface area contributed by atoms with Crippen molar-refractivity contribution in [3.05, 3.63) is 0 Å². The van der Waals surface area contributed by atoms with Gasteiger partial charge in [0.25, 0.3) is 0 Å². The number of carboxylic acids is 1. The Morgan fingerprint density at radius 2 is 1.69 bits per heavy atom. The molecule has 6 nitrogen and oxygen atoms in total. The van der Waals surface area contributed by atoms with Crippen LogP contribution < -0.4 is 0 Å². The molecule has 1 N–H and O–H groups in total. The van der Waals surface area contributed by atoms with Gasteiger partial charge in [-0.2, -0.15) is 0 Å². The van der Waals surface area contributed by atoms with Crippen LogP contribution in [0.3, 0.4) is 0 Å². The maximum Gasteiger partial charge on any atom is 0.345 e. The molecule has 0 radical (unpaired) electrons. The molecule has 1 atom stereocenters. The van der Waals surface area contributed by atoms with Crippen LogP contribution in [0.4, 0.5) is 0 Å². The van der Waals surface area contributed by atoms with Crippen LogP contribution in [0.1, 0.15) is 27.7 Å². The topological polar surface area (TPSA) is 89.9 Å². The summed E-state index contributed by atoms with van der Waals surface area (Å²) in [6.45, 7) is 5.29. The number of hydrogen-bond acceptors (Lipinski definition) is 5. The van der Waals surface area contributed by atoms with Gasteiger partial charge in [0.2, 0.25) is 6.10 Å². The Hall–Kier alpha value is -1.59. The van der Waals surface area contributed by atoms with Crippen molar-refractivity contribution in [2.24, 2.45) is 5.41 Å². The van der Waals surface area contributed by atoms with Crippen molar-refractivity contribution in [2.75, 3.05) is 6.61 Å². The lowest BCUT2D eigenvalue weighted by Crippen LogP contribution is -2.43. The van der Waals surface area contributed by atoms with Crippen molar-refractivity contribution in [3.63, 3.8) is 0 Å². The minimum Gasteiger partial charge on any atom is -0.478 e. The standard InChI is InChI=1S/C10H16O6/c1-6(11)15-5-10(3,4)8(9(13)14)16-7(2)12/h8H,5H2,1-4H3,(H,13,14)/t8-/m0/s1. The number of carbonyl (C=O) groups excluding carboxylic acids is 2. The molecule has 0 aliphatic carbocycles. The minimum absolute atomic E-state index is 0.132.